The van der Waals surface area contributed by atoms with Crippen molar-refractivity contribution < 1.29 is 22.8 Å². The number of hydrogen-bond donors (Lipinski definition) is 1. The van der Waals surface area contributed by atoms with Crippen LogP contribution < -0.4 is 5.32 Å². The van der Waals surface area contributed by atoms with Crippen molar-refractivity contribution in [1.82, 2.24) is 20.4 Å². The van der Waals surface area contributed by atoms with Crippen molar-refractivity contribution in [3.8, 4) is 11.4 Å². The summed E-state index contributed by atoms with van der Waals surface area (Å²) in [5.74, 6) is -0.480. The van der Waals surface area contributed by atoms with Crippen LogP contribution in [0, 0.1) is 11.6 Å². The number of allylic oxidation sites excluding steroid dienone is 1. The number of halogens is 2. The second-order valence-corrected chi connectivity index (χ2v) is 7.37. The number of ether oxygens (including phenoxy) is 1. The lowest BCUT2D eigenvalue weighted by Gasteiger charge is -2.35. The van der Waals surface area contributed by atoms with E-state index >= 15 is 0 Å². The Morgan fingerprint density at radius 3 is 2.62 bits per heavy atom. The lowest BCUT2D eigenvalue weighted by atomic mass is 9.94. The predicted octanol–water partition coefficient (Wildman–Crippen LogP) is 4.55. The van der Waals surface area contributed by atoms with E-state index in [9.17, 15) is 13.6 Å². The monoisotopic (exact) mass is 440 g/mol. The van der Waals surface area contributed by atoms with Gasteiger partial charge in [0, 0.05) is 31.5 Å². The summed E-state index contributed by atoms with van der Waals surface area (Å²) in [7, 11) is 1.59. The average molecular weight is 440 g/mol. The Morgan fingerprint density at radius 2 is 1.91 bits per heavy atom. The maximum atomic E-state index is 14.0. The van der Waals surface area contributed by atoms with E-state index in [1.54, 1.807) is 43.2 Å². The maximum Gasteiger partial charge on any atom is 0.322 e. The molecule has 0 aliphatic carbocycles. The molecule has 166 valence electrons. The molecule has 3 aromatic rings. The van der Waals surface area contributed by atoms with Gasteiger partial charge >= 0.3 is 6.03 Å². The number of carbonyl (C=O) groups is 1. The second-order valence-electron chi connectivity index (χ2n) is 7.37. The van der Waals surface area contributed by atoms with Crippen LogP contribution in [0.25, 0.3) is 17.0 Å². The fourth-order valence-corrected chi connectivity index (χ4v) is 3.71. The van der Waals surface area contributed by atoms with Crippen LogP contribution in [0.4, 0.5) is 13.6 Å². The molecule has 1 N–H and O–H groups in total. The highest BCUT2D eigenvalue weighted by molar-refractivity contribution is 5.86. The fourth-order valence-electron chi connectivity index (χ4n) is 3.71. The standard InChI is InChI=1S/C23H22F2N4O3/c1-14-19(22-27-21(28-32-22)16-7-4-9-18(25)13-16)20(15-6-3-8-17(24)12-15)26-23(30)29(14)10-5-11-31-2/h3-4,6-9,12-13,20H,5,10-11H2,1-2H3,(H,26,30). The largest absolute Gasteiger partial charge is 0.385 e. The highest BCUT2D eigenvalue weighted by Crippen LogP contribution is 2.37. The first-order valence-electron chi connectivity index (χ1n) is 10.1. The second kappa shape index (κ2) is 9.27. The third-order valence-corrected chi connectivity index (χ3v) is 5.25. The number of benzene rings is 2. The molecule has 7 nitrogen and oxygen atoms in total. The molecule has 1 aliphatic rings. The van der Waals surface area contributed by atoms with Crippen LogP contribution in [0.3, 0.4) is 0 Å². The Hall–Kier alpha value is -3.59. The van der Waals surface area contributed by atoms with Gasteiger partial charge in [-0.25, -0.2) is 13.6 Å². The number of urea groups is 1. The van der Waals surface area contributed by atoms with E-state index in [1.165, 1.54) is 24.3 Å². The first kappa shape index (κ1) is 21.6. The molecule has 1 aromatic heterocycles. The van der Waals surface area contributed by atoms with Gasteiger partial charge in [-0.3, -0.25) is 4.90 Å². The van der Waals surface area contributed by atoms with Crippen LogP contribution in [0.2, 0.25) is 0 Å². The predicted molar refractivity (Wildman–Crippen MR) is 113 cm³/mol. The molecule has 1 unspecified atom stereocenters. The van der Waals surface area contributed by atoms with Crippen molar-refractivity contribution in [2.24, 2.45) is 0 Å². The topological polar surface area (TPSA) is 80.5 Å². The minimum Gasteiger partial charge on any atom is -0.385 e. The van der Waals surface area contributed by atoms with E-state index in [4.69, 9.17) is 9.26 Å². The third kappa shape index (κ3) is 4.38. The first-order chi connectivity index (χ1) is 15.5. The Kier molecular flexibility index (Phi) is 6.27. The normalized spacial score (nSPS) is 16.4. The van der Waals surface area contributed by atoms with Gasteiger partial charge in [0.25, 0.3) is 5.89 Å². The zero-order valence-corrected chi connectivity index (χ0v) is 17.6. The quantitative estimate of drug-likeness (QED) is 0.546. The van der Waals surface area contributed by atoms with Gasteiger partial charge in [0.1, 0.15) is 11.6 Å². The zero-order valence-electron chi connectivity index (χ0n) is 17.6. The van der Waals surface area contributed by atoms with E-state index in [2.05, 4.69) is 15.5 Å². The highest BCUT2D eigenvalue weighted by Gasteiger charge is 2.35. The molecule has 0 radical (unpaired) electrons. The number of amides is 2. The van der Waals surface area contributed by atoms with Crippen molar-refractivity contribution in [1.29, 1.82) is 0 Å². The van der Waals surface area contributed by atoms with Crippen LogP contribution in [0.1, 0.15) is 30.8 Å². The molecule has 2 heterocycles. The smallest absolute Gasteiger partial charge is 0.322 e. The molecule has 0 saturated heterocycles. The van der Waals surface area contributed by atoms with E-state index in [0.29, 0.717) is 42.0 Å². The van der Waals surface area contributed by atoms with Gasteiger partial charge < -0.3 is 14.6 Å². The Bertz CT molecular complexity index is 1160. The van der Waals surface area contributed by atoms with E-state index in [-0.39, 0.29) is 17.7 Å². The highest BCUT2D eigenvalue weighted by atomic mass is 19.1. The summed E-state index contributed by atoms with van der Waals surface area (Å²) in [6.45, 7) is 2.68. The lowest BCUT2D eigenvalue weighted by Crippen LogP contribution is -2.46. The number of aromatic nitrogens is 2. The van der Waals surface area contributed by atoms with Gasteiger partial charge in [-0.15, -0.1) is 0 Å². The molecule has 32 heavy (non-hydrogen) atoms. The SMILES string of the molecule is COCCCN1C(=O)NC(c2cccc(F)c2)C(c2nc(-c3cccc(F)c3)no2)=C1C. The Labute approximate surface area is 183 Å². The van der Waals surface area contributed by atoms with Crippen LogP contribution in [0.5, 0.6) is 0 Å². The summed E-state index contributed by atoms with van der Waals surface area (Å²) < 4.78 is 38.2. The molecule has 4 rings (SSSR count). The number of hydrogen-bond acceptors (Lipinski definition) is 5. The van der Waals surface area contributed by atoms with Gasteiger partial charge in [0.05, 0.1) is 11.6 Å². The van der Waals surface area contributed by atoms with Gasteiger partial charge in [0.2, 0.25) is 5.82 Å². The van der Waals surface area contributed by atoms with Gasteiger partial charge in [0.15, 0.2) is 0 Å². The van der Waals surface area contributed by atoms with Crippen molar-refractivity contribution >= 4 is 11.6 Å². The molecule has 1 atom stereocenters. The number of nitrogens with one attached hydrogen (secondary N) is 1. The zero-order chi connectivity index (χ0) is 22.7. The summed E-state index contributed by atoms with van der Waals surface area (Å²) in [6, 6.07) is 10.8. The van der Waals surface area contributed by atoms with Crippen molar-refractivity contribution in [2.45, 2.75) is 19.4 Å². The van der Waals surface area contributed by atoms with E-state index < -0.39 is 17.7 Å². The van der Waals surface area contributed by atoms with Crippen LogP contribution in [-0.2, 0) is 4.74 Å². The van der Waals surface area contributed by atoms with Crippen LogP contribution in [-0.4, -0.2) is 41.3 Å². The van der Waals surface area contributed by atoms with Crippen LogP contribution in [0.15, 0.2) is 58.8 Å². The van der Waals surface area contributed by atoms with Gasteiger partial charge in [-0.1, -0.05) is 29.4 Å². The number of methoxy groups -OCH3 is 1. The minimum absolute atomic E-state index is 0.160. The molecular weight excluding hydrogens is 418 g/mol. The van der Waals surface area contributed by atoms with Gasteiger partial charge in [-0.05, 0) is 43.2 Å². The summed E-state index contributed by atoms with van der Waals surface area (Å²) in [4.78, 5) is 18.9. The summed E-state index contributed by atoms with van der Waals surface area (Å²) >= 11 is 0. The molecule has 0 saturated carbocycles. The number of carbonyl (C=O) groups excluding carboxylic acids is 1. The minimum atomic E-state index is -0.697. The third-order valence-electron chi connectivity index (χ3n) is 5.25. The van der Waals surface area contributed by atoms with Crippen molar-refractivity contribution in [3.63, 3.8) is 0 Å². The lowest BCUT2D eigenvalue weighted by molar-refractivity contribution is 0.174. The fraction of sp³-hybridized carbons (Fsp3) is 0.261. The number of nitrogens with zero attached hydrogens (tertiary/aromatic N) is 3. The van der Waals surface area contributed by atoms with E-state index in [0.717, 1.165) is 0 Å². The molecule has 9 heteroatoms. The molecule has 0 bridgehead atoms. The maximum absolute atomic E-state index is 14.0. The van der Waals surface area contributed by atoms with Crippen LogP contribution >= 0.6 is 0 Å². The Balaban J connectivity index is 1.78. The first-order valence-corrected chi connectivity index (χ1v) is 10.1. The number of rotatable bonds is 7. The van der Waals surface area contributed by atoms with Crippen molar-refractivity contribution in [3.05, 3.63) is 77.3 Å². The van der Waals surface area contributed by atoms with E-state index in [1.807, 2.05) is 0 Å². The molecule has 1 aliphatic heterocycles. The molecule has 0 fully saturated rings. The summed E-state index contributed by atoms with van der Waals surface area (Å²) in [6.07, 6.45) is 0.623. The average Bonchev–Trinajstić information content (AvgIpc) is 3.25. The molecular formula is C23H22F2N4O3. The van der Waals surface area contributed by atoms with Crippen molar-refractivity contribution in [2.75, 3.05) is 20.3 Å². The molecule has 0 spiro atoms. The van der Waals surface area contributed by atoms with Gasteiger partial charge in [-0.2, -0.15) is 4.98 Å². The Morgan fingerprint density at radius 1 is 1.16 bits per heavy atom. The molecule has 2 amide bonds. The summed E-state index contributed by atoms with van der Waals surface area (Å²) in [5, 5.41) is 6.90. The molecule has 2 aromatic carbocycles. The summed E-state index contributed by atoms with van der Waals surface area (Å²) in [5.41, 5.74) is 2.14.